The number of aliphatic carboxylic acids is 5. The fraction of sp³-hybridized carbons (Fsp3) is 0.561. The summed E-state index contributed by atoms with van der Waals surface area (Å²) < 4.78 is 0. The van der Waals surface area contributed by atoms with Gasteiger partial charge in [0.15, 0.2) is 5.96 Å². The SMILES string of the molecule is CC[C@H](C)[C@H](NC(=O)[C@H](CO)NC(=O)[C@H](CCC(N)=O)NC(=O)[C@H](CCC(=O)O)NC(=O)[C@@H](NC(=O)[C@H](Cc1cnc[nH]1)NC(=O)[C@H](CC(N)=O)NC(=O)[C@@H](NC(=O)[C@H](CO)NC(=O)[C@H](CCCNC(=N)N)NC(=O)[C@H](CC(=O)O)NC(=O)[C@H](Cc1ccccc1)NC(=O)[C@H](CO)NC(=O)[C@H](CC(=O)O)NC(=O)[C@H](CC(C)C)NC(=O)[C@H](Cc1cnc[nH]1)NC(=O)[C@@H](N)CC(=O)O)[C@@H](C)O)[C@@H](C)O)C(=O)O. The fourth-order valence-electron chi connectivity index (χ4n) is 13.1. The first kappa shape index (κ1) is 120. The van der Waals surface area contributed by atoms with E-state index in [0.717, 1.165) is 26.4 Å². The van der Waals surface area contributed by atoms with E-state index in [4.69, 9.17) is 28.3 Å². The Balaban J connectivity index is 1.96. The van der Waals surface area contributed by atoms with E-state index >= 15 is 0 Å². The lowest BCUT2D eigenvalue weighted by atomic mass is 9.99. The molecular formula is C82H124N26O33. The molecule has 0 saturated heterocycles. The molecule has 1 aromatic carbocycles. The lowest BCUT2D eigenvalue weighted by Crippen LogP contribution is -2.63. The van der Waals surface area contributed by atoms with Crippen molar-refractivity contribution < 1.29 is 161 Å². The molecular weight excluding hydrogens is 1880 g/mol. The molecule has 0 saturated carbocycles. The minimum atomic E-state index is -2.27. The molecule has 3 rings (SSSR count). The smallest absolute Gasteiger partial charge is 0.326 e. The van der Waals surface area contributed by atoms with Crippen molar-refractivity contribution in [1.82, 2.24) is 110 Å². The van der Waals surface area contributed by atoms with Gasteiger partial charge in [-0.2, -0.15) is 0 Å². The van der Waals surface area contributed by atoms with Crippen molar-refractivity contribution in [3.63, 3.8) is 0 Å². The number of aromatic nitrogens is 4. The Morgan fingerprint density at radius 3 is 1.06 bits per heavy atom. The molecule has 0 aliphatic rings. The number of carbonyl (C=O) groups excluding carboxylic acids is 18. The van der Waals surface area contributed by atoms with E-state index in [-0.39, 0.29) is 49.2 Å². The van der Waals surface area contributed by atoms with E-state index in [1.165, 1.54) is 49.8 Å². The summed E-state index contributed by atoms with van der Waals surface area (Å²) in [6.07, 6.45) is -9.13. The number of rotatable bonds is 66. The highest BCUT2D eigenvalue weighted by Crippen LogP contribution is 2.16. The van der Waals surface area contributed by atoms with Gasteiger partial charge >= 0.3 is 29.8 Å². The van der Waals surface area contributed by atoms with Crippen LogP contribution < -0.4 is 113 Å². The molecule has 18 amide bonds. The number of imidazole rings is 2. The van der Waals surface area contributed by atoms with E-state index in [1.54, 1.807) is 20.8 Å². The molecule has 780 valence electrons. The number of nitrogens with two attached hydrogens (primary N) is 4. The number of H-pyrrole nitrogens is 2. The number of primary amides is 2. The van der Waals surface area contributed by atoms with Crippen molar-refractivity contribution in [2.24, 2.45) is 34.8 Å². The topological polar surface area (TPSA) is 985 Å². The summed E-state index contributed by atoms with van der Waals surface area (Å²) in [4.78, 5) is 323. The molecule has 0 unspecified atom stereocenters. The lowest BCUT2D eigenvalue weighted by Gasteiger charge is -2.29. The maximum atomic E-state index is 14.6. The van der Waals surface area contributed by atoms with Crippen molar-refractivity contribution in [1.29, 1.82) is 5.41 Å². The summed E-state index contributed by atoms with van der Waals surface area (Å²) in [5, 5.41) is 147. The largest absolute Gasteiger partial charge is 0.481 e. The fourth-order valence-corrected chi connectivity index (χ4v) is 13.1. The number of guanidine groups is 1. The van der Waals surface area contributed by atoms with Crippen LogP contribution >= 0.6 is 0 Å². The molecule has 0 aliphatic heterocycles. The van der Waals surface area contributed by atoms with Crippen molar-refractivity contribution in [3.05, 3.63) is 72.3 Å². The van der Waals surface area contributed by atoms with Gasteiger partial charge in [-0.05, 0) is 63.4 Å². The van der Waals surface area contributed by atoms with Gasteiger partial charge in [0.1, 0.15) is 96.7 Å². The molecule has 0 fully saturated rings. The Kier molecular flexibility index (Phi) is 51.1. The molecule has 0 aliphatic carbocycles. The predicted molar refractivity (Wildman–Crippen MR) is 480 cm³/mol. The van der Waals surface area contributed by atoms with Crippen molar-refractivity contribution in [2.75, 3.05) is 26.4 Å². The number of amides is 18. The molecule has 2 heterocycles. The monoisotopic (exact) mass is 2000 g/mol. The highest BCUT2D eigenvalue weighted by Gasteiger charge is 2.42. The van der Waals surface area contributed by atoms with Crippen molar-refractivity contribution >= 4 is 142 Å². The lowest BCUT2D eigenvalue weighted by molar-refractivity contribution is -0.144. The van der Waals surface area contributed by atoms with E-state index < -0.39 is 359 Å². The number of hydrogen-bond acceptors (Lipinski definition) is 32. The molecule has 59 nitrogen and oxygen atoms in total. The number of benzene rings is 1. The van der Waals surface area contributed by atoms with Gasteiger partial charge in [-0.15, -0.1) is 0 Å². The number of aliphatic hydroxyl groups excluding tert-OH is 5. The Hall–Kier alpha value is -15.5. The minimum Gasteiger partial charge on any atom is -0.481 e. The van der Waals surface area contributed by atoms with Gasteiger partial charge in [-0.3, -0.25) is 111 Å². The summed E-state index contributed by atoms with van der Waals surface area (Å²) in [6.45, 7) is 4.01. The average Bonchev–Trinajstić information content (AvgIpc) is 1.71. The zero-order valence-electron chi connectivity index (χ0n) is 77.3. The number of carboxylic acids is 5. The second kappa shape index (κ2) is 60.3. The number of aromatic amines is 2. The average molecular weight is 2000 g/mol. The van der Waals surface area contributed by atoms with Gasteiger partial charge in [0.25, 0.3) is 0 Å². The van der Waals surface area contributed by atoms with E-state index in [0.29, 0.717) is 0 Å². The van der Waals surface area contributed by atoms with Crippen LogP contribution in [0.1, 0.15) is 136 Å². The molecule has 141 heavy (non-hydrogen) atoms. The van der Waals surface area contributed by atoms with Gasteiger partial charge in [0, 0.05) is 62.4 Å². The molecule has 20 atom stereocenters. The second-order valence-electron chi connectivity index (χ2n) is 32.9. The third kappa shape index (κ3) is 43.4. The summed E-state index contributed by atoms with van der Waals surface area (Å²) in [5.74, 6) is -34.0. The third-order valence-corrected chi connectivity index (χ3v) is 20.8. The van der Waals surface area contributed by atoms with Gasteiger partial charge in [-0.25, -0.2) is 14.8 Å². The number of nitrogens with one attached hydrogen (secondary N) is 20. The van der Waals surface area contributed by atoms with Gasteiger partial charge in [0.05, 0.1) is 76.4 Å². The number of aliphatic hydroxyl groups is 5. The molecule has 3 aromatic rings. The number of hydrogen-bond donors (Lipinski definition) is 34. The third-order valence-electron chi connectivity index (χ3n) is 20.8. The van der Waals surface area contributed by atoms with E-state index in [1.807, 2.05) is 5.32 Å². The maximum absolute atomic E-state index is 14.6. The van der Waals surface area contributed by atoms with Crippen LogP contribution in [0.5, 0.6) is 0 Å². The Morgan fingerprint density at radius 1 is 0.369 bits per heavy atom. The van der Waals surface area contributed by atoms with E-state index in [9.17, 15) is 161 Å². The summed E-state index contributed by atoms with van der Waals surface area (Å²) >= 11 is 0. The van der Waals surface area contributed by atoms with Crippen LogP contribution in [0.25, 0.3) is 0 Å². The molecule has 38 N–H and O–H groups in total. The number of carbonyl (C=O) groups is 23. The Morgan fingerprint density at radius 2 is 0.695 bits per heavy atom. The number of nitrogens with zero attached hydrogens (tertiary/aromatic N) is 2. The van der Waals surface area contributed by atoms with Crippen LogP contribution in [-0.2, 0) is 130 Å². The molecule has 0 radical (unpaired) electrons. The standard InChI is InChI=1S/C82H124N26O33/c1-7-36(4)62(81(140)141)106-77(136)54(31-110)104-68(127)44(15-17-56(84)114)94-67(126)45(16-18-58(116)117)95-79(138)63(37(5)112)107-75(134)49(23-41-29-89-34-92-41)99-72(131)50(25-57(85)115)102-80(139)64(38(6)113)108-78(137)55(32-111)103-66(125)43(14-11-19-90-82(86)87)93-73(132)51(26-60(120)121)101-70(129)47(21-39-12-9-8-10-13-39)98-76(135)53(30-109)105-74(133)52(27-61(122)123)100-69(128)46(20-35(2)3)97-71(130)48(22-40-28-88-33-91-40)96-65(124)42(83)24-59(118)119/h8-10,12-13,28-29,33-38,42-55,62-64,109-113H,7,11,14-27,30-32,83H2,1-6H3,(H2,84,114)(H2,85,115)(H,88,91)(H,89,92)(H,93,132)(H,94,126)(H,95,138)(H,96,124)(H,97,130)(H,98,135)(H,99,131)(H,100,128)(H,101,129)(H,102,139)(H,103,125)(H,104,127)(H,105,133)(H,106,136)(H,107,134)(H,108,137)(H,116,117)(H,118,119)(H,120,121)(H,122,123)(H,140,141)(H4,86,87,90)/t36-,37+,38+,42-,43-,44-,45-,46-,47-,48-,49-,50-,51-,52-,53-,54-,55-,62-,63-,64-/m0/s1. The Bertz CT molecular complexity index is 4840. The van der Waals surface area contributed by atoms with Gasteiger partial charge in [-0.1, -0.05) is 64.4 Å². The van der Waals surface area contributed by atoms with Gasteiger partial charge in [0.2, 0.25) is 106 Å². The first-order valence-corrected chi connectivity index (χ1v) is 43.8. The molecule has 2 aromatic heterocycles. The van der Waals surface area contributed by atoms with Gasteiger partial charge < -0.3 is 174 Å². The molecule has 0 spiro atoms. The van der Waals surface area contributed by atoms with E-state index in [2.05, 4.69) is 105 Å². The van der Waals surface area contributed by atoms with Crippen molar-refractivity contribution in [2.45, 2.75) is 253 Å². The summed E-state index contributed by atoms with van der Waals surface area (Å²) in [6, 6.07) is -26.1. The summed E-state index contributed by atoms with van der Waals surface area (Å²) in [5.41, 5.74) is 22.5. The number of carboxylic acid groups (broad SMARTS) is 5. The molecule has 59 heteroatoms. The highest BCUT2D eigenvalue weighted by atomic mass is 16.4. The van der Waals surface area contributed by atoms with Crippen LogP contribution in [0.15, 0.2) is 55.4 Å². The van der Waals surface area contributed by atoms with Crippen LogP contribution in [0.2, 0.25) is 0 Å². The summed E-state index contributed by atoms with van der Waals surface area (Å²) in [7, 11) is 0. The normalized spacial score (nSPS) is 15.3. The maximum Gasteiger partial charge on any atom is 0.326 e. The van der Waals surface area contributed by atoms with Crippen LogP contribution in [0, 0.1) is 17.2 Å². The zero-order valence-corrected chi connectivity index (χ0v) is 77.3. The second-order valence-corrected chi connectivity index (χ2v) is 32.9. The first-order valence-electron chi connectivity index (χ1n) is 43.8. The Labute approximate surface area is 802 Å². The highest BCUT2D eigenvalue weighted by molar-refractivity contribution is 6.03. The van der Waals surface area contributed by atoms with Crippen molar-refractivity contribution in [3.8, 4) is 0 Å². The first-order chi connectivity index (χ1) is 66.2. The quantitative estimate of drug-likeness (QED) is 0.0142. The molecule has 0 bridgehead atoms. The van der Waals surface area contributed by atoms with Crippen LogP contribution in [0.3, 0.4) is 0 Å². The van der Waals surface area contributed by atoms with Crippen LogP contribution in [0.4, 0.5) is 0 Å². The van der Waals surface area contributed by atoms with Crippen LogP contribution in [-0.4, -0.2) is 354 Å². The zero-order chi connectivity index (χ0) is 106. The minimum absolute atomic E-state index is 0.0337. The predicted octanol–water partition coefficient (Wildman–Crippen LogP) is -14.1.